The molecule has 0 aliphatic carbocycles. The lowest BCUT2D eigenvalue weighted by Crippen LogP contribution is -2.58. The van der Waals surface area contributed by atoms with Crippen molar-refractivity contribution in [3.8, 4) is 102 Å². The summed E-state index contributed by atoms with van der Waals surface area (Å²) in [4.78, 5) is 7.87. The van der Waals surface area contributed by atoms with Gasteiger partial charge in [0, 0.05) is 0 Å². The molecule has 0 spiro atoms. The molecule has 0 amide bonds. The Hall–Kier alpha value is -10.6. The van der Waals surface area contributed by atoms with Gasteiger partial charge in [-0.05, 0) is 176 Å². The van der Waals surface area contributed by atoms with E-state index in [9.17, 15) is 10.5 Å². The summed E-state index contributed by atoms with van der Waals surface area (Å²) in [6, 6.07) is 72.1. The van der Waals surface area contributed by atoms with Crippen molar-refractivity contribution in [1.82, 2.24) is 0 Å². The number of ether oxygens (including phenoxy) is 2. The van der Waals surface area contributed by atoms with E-state index >= 15 is 0 Å². The van der Waals surface area contributed by atoms with E-state index in [0.29, 0.717) is 45.5 Å². The molecule has 12 aromatic carbocycles. The first-order chi connectivity index (χ1) is 37.5. The number of hydrogen-bond acceptors (Lipinski definition) is 4. The molecule has 12 aromatic rings. The number of nitrogens with zero attached hydrogens (tertiary/aromatic N) is 4. The minimum atomic E-state index is -0.316. The molecule has 0 fully saturated rings. The summed E-state index contributed by atoms with van der Waals surface area (Å²) < 4.78 is 13.7. The molecule has 342 valence electrons. The van der Waals surface area contributed by atoms with Crippen molar-refractivity contribution in [3.05, 3.63) is 228 Å². The number of nitriles is 2. The van der Waals surface area contributed by atoms with Crippen molar-refractivity contribution in [2.24, 2.45) is 0 Å². The second kappa shape index (κ2) is 15.4. The highest BCUT2D eigenvalue weighted by molar-refractivity contribution is 7.01. The van der Waals surface area contributed by atoms with E-state index in [1.165, 1.54) is 0 Å². The van der Waals surface area contributed by atoms with Gasteiger partial charge in [-0.1, -0.05) is 150 Å². The van der Waals surface area contributed by atoms with Crippen LogP contribution in [0.1, 0.15) is 11.1 Å². The molecule has 0 aromatic heterocycles. The van der Waals surface area contributed by atoms with Gasteiger partial charge in [0.2, 0.25) is 0 Å². The topological polar surface area (TPSA) is 74.8 Å². The molecule has 8 heteroatoms. The van der Waals surface area contributed by atoms with Crippen molar-refractivity contribution in [2.45, 2.75) is 0 Å². The lowest BCUT2D eigenvalue weighted by atomic mass is 9.31. The van der Waals surface area contributed by atoms with Gasteiger partial charge >= 0.3 is 0 Å². The molecule has 16 rings (SSSR count). The first kappa shape index (κ1) is 41.9. The van der Waals surface area contributed by atoms with Crippen LogP contribution in [0.2, 0.25) is 0 Å². The summed E-state index contributed by atoms with van der Waals surface area (Å²) in [6.07, 6.45) is 0. The molecule has 0 saturated carbocycles. The third-order valence-electron chi connectivity index (χ3n) is 16.4. The van der Waals surface area contributed by atoms with Crippen LogP contribution in [0, 0.1) is 35.8 Å². The fraction of sp³-hybridized carbons (Fsp3) is 0. The molecule has 4 aliphatic heterocycles. The SMILES string of the molecule is [C-]#[N+]c1ccc2c(c1)Oc1cc([N+]#[C-])cc3c1B2c1cc2c(-c4ccccc4-c4ccccc4)cc4c5c(cc6c(-c7ccccc7-c7ccccc7)cc-3c1c6c25)B1c2ccc(C#N)cc2Oc2cc(C#N)cc-4c21. The largest absolute Gasteiger partial charge is 0.461 e. The standard InChI is InChI=1S/C68H32B2N4O2/c1-73-41-22-24-56-60(29-41)76-62-30-42(74-2)28-54-50-32-48(46-20-12-10-18-44(46)40-15-7-4-8-16-40)52-33-57-63-49(53-25-38(36-72)27-61-67(53)69(57)55-23-21-37(35-71)26-59(55)75-61)31-47(45-19-11-9-17-43(45)39-13-5-3-6-14-39)51-34-58(70(56)68(54)62)64(50)66(52)65(51)63/h3-34H. The number of fused-ring (bicyclic) bond motifs is 8. The Bertz CT molecular complexity index is 4520. The zero-order valence-corrected chi connectivity index (χ0v) is 40.2. The van der Waals surface area contributed by atoms with Crippen molar-refractivity contribution in [3.63, 3.8) is 0 Å². The van der Waals surface area contributed by atoms with Crippen molar-refractivity contribution in [2.75, 3.05) is 0 Å². The molecule has 0 bridgehead atoms. The molecule has 0 unspecified atom stereocenters. The first-order valence-corrected chi connectivity index (χ1v) is 25.2. The van der Waals surface area contributed by atoms with E-state index in [1.54, 1.807) is 0 Å². The molecule has 0 atom stereocenters. The van der Waals surface area contributed by atoms with Gasteiger partial charge in [0.05, 0.1) is 36.4 Å². The van der Waals surface area contributed by atoms with Gasteiger partial charge < -0.3 is 9.47 Å². The number of rotatable bonds is 4. The van der Waals surface area contributed by atoms with Crippen LogP contribution in [0.4, 0.5) is 11.4 Å². The smallest absolute Gasteiger partial charge is 0.252 e. The Morgan fingerprint density at radius 2 is 0.803 bits per heavy atom. The first-order valence-electron chi connectivity index (χ1n) is 25.2. The van der Waals surface area contributed by atoms with Gasteiger partial charge in [-0.25, -0.2) is 9.69 Å². The summed E-state index contributed by atoms with van der Waals surface area (Å²) >= 11 is 0. The van der Waals surface area contributed by atoms with Crippen molar-refractivity contribution in [1.29, 1.82) is 10.5 Å². The minimum absolute atomic E-state index is 0.308. The molecule has 4 aliphatic rings. The van der Waals surface area contributed by atoms with Gasteiger partial charge in [-0.3, -0.25) is 0 Å². The quantitative estimate of drug-likeness (QED) is 0.100. The van der Waals surface area contributed by atoms with E-state index < -0.39 is 0 Å². The number of hydrogen-bond donors (Lipinski definition) is 0. The molecule has 6 nitrogen and oxygen atoms in total. The van der Waals surface area contributed by atoms with Gasteiger partial charge in [-0.2, -0.15) is 10.5 Å². The maximum absolute atomic E-state index is 10.8. The summed E-state index contributed by atoms with van der Waals surface area (Å²) in [5, 5.41) is 27.5. The van der Waals surface area contributed by atoms with E-state index in [2.05, 4.69) is 149 Å². The highest BCUT2D eigenvalue weighted by atomic mass is 16.5. The third-order valence-corrected chi connectivity index (χ3v) is 16.4. The van der Waals surface area contributed by atoms with Gasteiger partial charge in [0.25, 0.3) is 13.4 Å². The Balaban J connectivity index is 1.16. The van der Waals surface area contributed by atoms with Gasteiger partial charge in [0.15, 0.2) is 11.4 Å². The maximum atomic E-state index is 10.8. The summed E-state index contributed by atoms with van der Waals surface area (Å²) in [7, 11) is 0. The monoisotopic (exact) mass is 958 g/mol. The average Bonchev–Trinajstić information content (AvgIpc) is 3.47. The zero-order valence-electron chi connectivity index (χ0n) is 40.2. The number of benzene rings is 12. The molecular formula is C68H32B2N4O2. The lowest BCUT2D eigenvalue weighted by molar-refractivity contribution is 0.487. The fourth-order valence-electron chi connectivity index (χ4n) is 13.4. The fourth-order valence-corrected chi connectivity index (χ4v) is 13.4. The Morgan fingerprint density at radius 3 is 1.34 bits per heavy atom. The van der Waals surface area contributed by atoms with Crippen molar-refractivity contribution >= 4 is 89.9 Å². The van der Waals surface area contributed by atoms with Crippen LogP contribution in [-0.4, -0.2) is 13.4 Å². The van der Waals surface area contributed by atoms with E-state index in [4.69, 9.17) is 22.6 Å². The van der Waals surface area contributed by atoms with Crippen LogP contribution >= 0.6 is 0 Å². The normalized spacial score (nSPS) is 12.6. The molecular weight excluding hydrogens is 926 g/mol. The summed E-state index contributed by atoms with van der Waals surface area (Å²) in [5.74, 6) is 2.43. The molecule has 0 N–H and O–H groups in total. The third kappa shape index (κ3) is 5.62. The molecule has 4 heterocycles. The highest BCUT2D eigenvalue weighted by Crippen LogP contribution is 2.53. The Kier molecular flexibility index (Phi) is 8.52. The molecule has 76 heavy (non-hydrogen) atoms. The van der Waals surface area contributed by atoms with Crippen molar-refractivity contribution < 1.29 is 9.47 Å². The van der Waals surface area contributed by atoms with E-state index in [0.717, 1.165) is 132 Å². The van der Waals surface area contributed by atoms with Crippen LogP contribution in [0.25, 0.3) is 109 Å². The summed E-state index contributed by atoms with van der Waals surface area (Å²) in [5.41, 5.74) is 20.6. The Labute approximate surface area is 437 Å². The van der Waals surface area contributed by atoms with E-state index in [-0.39, 0.29) is 13.4 Å². The predicted molar refractivity (Wildman–Crippen MR) is 307 cm³/mol. The van der Waals surface area contributed by atoms with Crippen LogP contribution < -0.4 is 42.3 Å². The maximum Gasteiger partial charge on any atom is 0.252 e. The van der Waals surface area contributed by atoms with Crippen LogP contribution in [-0.2, 0) is 0 Å². The second-order valence-electron chi connectivity index (χ2n) is 20.1. The summed E-state index contributed by atoms with van der Waals surface area (Å²) in [6.45, 7) is 15.8. The molecule has 0 saturated heterocycles. The van der Waals surface area contributed by atoms with Crippen LogP contribution in [0.15, 0.2) is 194 Å². The predicted octanol–water partition coefficient (Wildman–Crippen LogP) is 13.3. The highest BCUT2D eigenvalue weighted by Gasteiger charge is 2.45. The van der Waals surface area contributed by atoms with E-state index in [1.807, 2.05) is 66.7 Å². The average molecular weight is 959 g/mol. The Morgan fingerprint density at radius 1 is 0.342 bits per heavy atom. The van der Waals surface area contributed by atoms with Crippen LogP contribution in [0.5, 0.6) is 23.0 Å². The minimum Gasteiger partial charge on any atom is -0.461 e. The molecule has 0 radical (unpaired) electrons. The van der Waals surface area contributed by atoms with Gasteiger partial charge in [0.1, 0.15) is 23.0 Å². The zero-order chi connectivity index (χ0) is 50.5. The lowest BCUT2D eigenvalue weighted by Gasteiger charge is -2.38. The van der Waals surface area contributed by atoms with Crippen LogP contribution in [0.3, 0.4) is 0 Å². The second-order valence-corrected chi connectivity index (χ2v) is 20.1. The van der Waals surface area contributed by atoms with Gasteiger partial charge in [-0.15, -0.1) is 0 Å².